The van der Waals surface area contributed by atoms with E-state index in [2.05, 4.69) is 22.6 Å². The molecule has 122 valence electrons. The number of amides is 2. The Hall–Kier alpha value is -1.76. The summed E-state index contributed by atoms with van der Waals surface area (Å²) in [4.78, 5) is 14.0. The largest absolute Gasteiger partial charge is 0.416 e. The number of alkyl halides is 3. The van der Waals surface area contributed by atoms with Gasteiger partial charge in [0.25, 0.3) is 0 Å². The molecule has 1 aliphatic rings. The first kappa shape index (κ1) is 16.6. The summed E-state index contributed by atoms with van der Waals surface area (Å²) in [6, 6.07) is 4.01. The maximum Gasteiger partial charge on any atom is 0.416 e. The van der Waals surface area contributed by atoms with Crippen molar-refractivity contribution in [3.05, 3.63) is 29.8 Å². The fourth-order valence-electron chi connectivity index (χ4n) is 2.42. The monoisotopic (exact) mass is 315 g/mol. The second-order valence-corrected chi connectivity index (χ2v) is 5.66. The molecule has 0 bridgehead atoms. The number of nitrogens with one attached hydrogen (secondary N) is 2. The van der Waals surface area contributed by atoms with Crippen molar-refractivity contribution in [1.29, 1.82) is 0 Å². The van der Waals surface area contributed by atoms with Gasteiger partial charge in [0.1, 0.15) is 0 Å². The molecule has 0 unspecified atom stereocenters. The molecular formula is C15H20F3N3O. The average molecular weight is 315 g/mol. The van der Waals surface area contributed by atoms with Crippen LogP contribution in [0.2, 0.25) is 0 Å². The lowest BCUT2D eigenvalue weighted by Crippen LogP contribution is -2.38. The van der Waals surface area contributed by atoms with Gasteiger partial charge < -0.3 is 15.5 Å². The predicted octanol–water partition coefficient (Wildman–Crippen LogP) is 3.17. The van der Waals surface area contributed by atoms with Crippen LogP contribution in [0.25, 0.3) is 0 Å². The normalized spacial score (nSPS) is 17.3. The summed E-state index contributed by atoms with van der Waals surface area (Å²) >= 11 is 0. The topological polar surface area (TPSA) is 44.4 Å². The van der Waals surface area contributed by atoms with E-state index in [1.165, 1.54) is 12.1 Å². The molecule has 4 nitrogen and oxygen atoms in total. The van der Waals surface area contributed by atoms with Gasteiger partial charge in [0.2, 0.25) is 0 Å². The Morgan fingerprint density at radius 2 is 1.82 bits per heavy atom. The van der Waals surface area contributed by atoms with Gasteiger partial charge in [-0.1, -0.05) is 0 Å². The first-order valence-corrected chi connectivity index (χ1v) is 7.25. The van der Waals surface area contributed by atoms with Gasteiger partial charge in [-0.15, -0.1) is 0 Å². The van der Waals surface area contributed by atoms with Crippen LogP contribution in [0.5, 0.6) is 0 Å². The van der Waals surface area contributed by atoms with E-state index in [1.807, 2.05) is 0 Å². The van der Waals surface area contributed by atoms with Crippen LogP contribution in [0.1, 0.15) is 18.4 Å². The van der Waals surface area contributed by atoms with E-state index in [-0.39, 0.29) is 0 Å². The van der Waals surface area contributed by atoms with E-state index in [1.54, 1.807) is 0 Å². The minimum absolute atomic E-state index is 0.342. The Labute approximate surface area is 127 Å². The van der Waals surface area contributed by atoms with Crippen LogP contribution in [0.15, 0.2) is 24.3 Å². The minimum atomic E-state index is -4.37. The van der Waals surface area contributed by atoms with Crippen molar-refractivity contribution < 1.29 is 18.0 Å². The van der Waals surface area contributed by atoms with Crippen molar-refractivity contribution in [2.75, 3.05) is 32.0 Å². The summed E-state index contributed by atoms with van der Waals surface area (Å²) in [5.41, 5.74) is -0.390. The van der Waals surface area contributed by atoms with Crippen LogP contribution in [0.4, 0.5) is 23.7 Å². The van der Waals surface area contributed by atoms with Gasteiger partial charge in [-0.2, -0.15) is 13.2 Å². The number of piperidine rings is 1. The molecular weight excluding hydrogens is 295 g/mol. The van der Waals surface area contributed by atoms with E-state index < -0.39 is 17.8 Å². The number of likely N-dealkylation sites (tertiary alicyclic amines) is 1. The van der Waals surface area contributed by atoms with Crippen molar-refractivity contribution in [2.45, 2.75) is 19.0 Å². The first-order chi connectivity index (χ1) is 10.3. The summed E-state index contributed by atoms with van der Waals surface area (Å²) in [5, 5.41) is 5.31. The second-order valence-electron chi connectivity index (χ2n) is 5.66. The van der Waals surface area contributed by atoms with Crippen molar-refractivity contribution >= 4 is 11.7 Å². The molecule has 1 fully saturated rings. The first-order valence-electron chi connectivity index (χ1n) is 7.25. The summed E-state index contributed by atoms with van der Waals surface area (Å²) in [6.07, 6.45) is -2.29. The second kappa shape index (κ2) is 7.00. The van der Waals surface area contributed by atoms with Crippen molar-refractivity contribution in [3.63, 3.8) is 0 Å². The van der Waals surface area contributed by atoms with Crippen LogP contribution < -0.4 is 10.6 Å². The maximum absolute atomic E-state index is 12.4. The third kappa shape index (κ3) is 4.91. The molecule has 0 saturated carbocycles. The molecule has 1 aromatic carbocycles. The van der Waals surface area contributed by atoms with Gasteiger partial charge in [-0.25, -0.2) is 4.79 Å². The highest BCUT2D eigenvalue weighted by atomic mass is 19.4. The SMILES string of the molecule is CN1CCC(CNC(=O)Nc2ccc(C(F)(F)F)cc2)CC1. The molecule has 0 atom stereocenters. The lowest BCUT2D eigenvalue weighted by atomic mass is 9.97. The number of hydrogen-bond donors (Lipinski definition) is 2. The molecule has 22 heavy (non-hydrogen) atoms. The van der Waals surface area contributed by atoms with Gasteiger partial charge in [0, 0.05) is 12.2 Å². The fraction of sp³-hybridized carbons (Fsp3) is 0.533. The zero-order valence-corrected chi connectivity index (χ0v) is 12.4. The van der Waals surface area contributed by atoms with Crippen LogP contribution in [-0.4, -0.2) is 37.6 Å². The summed E-state index contributed by atoms with van der Waals surface area (Å²) < 4.78 is 37.3. The number of hydrogen-bond acceptors (Lipinski definition) is 2. The quantitative estimate of drug-likeness (QED) is 0.900. The van der Waals surface area contributed by atoms with Crippen molar-refractivity contribution in [1.82, 2.24) is 10.2 Å². The molecule has 0 aliphatic carbocycles. The zero-order valence-electron chi connectivity index (χ0n) is 12.4. The molecule has 2 rings (SSSR count). The van der Waals surface area contributed by atoms with Crippen LogP contribution in [0, 0.1) is 5.92 Å². The number of carbonyl (C=O) groups is 1. The van der Waals surface area contributed by atoms with Gasteiger partial charge in [0.15, 0.2) is 0 Å². The van der Waals surface area contributed by atoms with Gasteiger partial charge >= 0.3 is 12.2 Å². The molecule has 1 heterocycles. The Balaban J connectivity index is 1.77. The maximum atomic E-state index is 12.4. The smallest absolute Gasteiger partial charge is 0.338 e. The molecule has 2 N–H and O–H groups in total. The lowest BCUT2D eigenvalue weighted by Gasteiger charge is -2.28. The number of carbonyl (C=O) groups excluding carboxylic acids is 1. The molecule has 7 heteroatoms. The standard InChI is InChI=1S/C15H20F3N3O/c1-21-8-6-11(7-9-21)10-19-14(22)20-13-4-2-12(3-5-13)15(16,17)18/h2-5,11H,6-10H2,1H3,(H2,19,20,22). The lowest BCUT2D eigenvalue weighted by molar-refractivity contribution is -0.137. The highest BCUT2D eigenvalue weighted by Crippen LogP contribution is 2.29. The molecule has 0 spiro atoms. The van der Waals surface area contributed by atoms with Gasteiger partial charge in [0.05, 0.1) is 5.56 Å². The summed E-state index contributed by atoms with van der Waals surface area (Å²) in [5.74, 6) is 0.453. The van der Waals surface area contributed by atoms with E-state index in [4.69, 9.17) is 0 Å². The molecule has 0 radical (unpaired) electrons. The number of halogens is 3. The van der Waals surface area contributed by atoms with E-state index in [0.717, 1.165) is 38.1 Å². The Morgan fingerprint density at radius 1 is 1.23 bits per heavy atom. The van der Waals surface area contributed by atoms with Gasteiger partial charge in [-0.05, 0) is 63.2 Å². The fourth-order valence-corrected chi connectivity index (χ4v) is 2.42. The summed E-state index contributed by atoms with van der Waals surface area (Å²) in [7, 11) is 2.07. The molecule has 1 saturated heterocycles. The van der Waals surface area contributed by atoms with E-state index >= 15 is 0 Å². The highest BCUT2D eigenvalue weighted by molar-refractivity contribution is 5.89. The van der Waals surface area contributed by atoms with E-state index in [9.17, 15) is 18.0 Å². The average Bonchev–Trinajstić information content (AvgIpc) is 2.46. The number of nitrogens with zero attached hydrogens (tertiary/aromatic N) is 1. The molecule has 2 amide bonds. The minimum Gasteiger partial charge on any atom is -0.338 e. The number of urea groups is 1. The Bertz CT molecular complexity index is 494. The highest BCUT2D eigenvalue weighted by Gasteiger charge is 2.30. The van der Waals surface area contributed by atoms with Gasteiger partial charge in [-0.3, -0.25) is 0 Å². The third-order valence-corrected chi connectivity index (χ3v) is 3.86. The van der Waals surface area contributed by atoms with Crippen molar-refractivity contribution in [3.8, 4) is 0 Å². The van der Waals surface area contributed by atoms with Crippen LogP contribution in [0.3, 0.4) is 0 Å². The van der Waals surface area contributed by atoms with Crippen molar-refractivity contribution in [2.24, 2.45) is 5.92 Å². The predicted molar refractivity (Wildman–Crippen MR) is 78.7 cm³/mol. The zero-order chi connectivity index (χ0) is 16.2. The van der Waals surface area contributed by atoms with E-state index in [0.29, 0.717) is 18.2 Å². The summed E-state index contributed by atoms with van der Waals surface area (Å²) in [6.45, 7) is 2.63. The van der Waals surface area contributed by atoms with Crippen LogP contribution >= 0.6 is 0 Å². The van der Waals surface area contributed by atoms with Crippen LogP contribution in [-0.2, 0) is 6.18 Å². The number of benzene rings is 1. The molecule has 1 aromatic rings. The Morgan fingerprint density at radius 3 is 2.36 bits per heavy atom. The number of anilines is 1. The number of rotatable bonds is 3. The molecule has 0 aromatic heterocycles. The molecule has 1 aliphatic heterocycles. The Kier molecular flexibility index (Phi) is 5.28. The third-order valence-electron chi connectivity index (χ3n) is 3.86.